The Morgan fingerprint density at radius 2 is 1.88 bits per heavy atom. The fourth-order valence-electron chi connectivity index (χ4n) is 2.09. The summed E-state index contributed by atoms with van der Waals surface area (Å²) in [6, 6.07) is 0. The van der Waals surface area contributed by atoms with Crippen molar-refractivity contribution in [1.82, 2.24) is 9.78 Å². The predicted molar refractivity (Wildman–Crippen MR) is 71.4 cm³/mol. The highest BCUT2D eigenvalue weighted by atomic mass is 16.3. The van der Waals surface area contributed by atoms with Crippen molar-refractivity contribution in [3.63, 3.8) is 0 Å². The molecule has 0 aliphatic rings. The van der Waals surface area contributed by atoms with Gasteiger partial charge in [-0.2, -0.15) is 5.10 Å². The van der Waals surface area contributed by atoms with E-state index in [4.69, 9.17) is 0 Å². The van der Waals surface area contributed by atoms with Gasteiger partial charge in [0, 0.05) is 12.5 Å². The van der Waals surface area contributed by atoms with E-state index in [9.17, 15) is 5.11 Å². The van der Waals surface area contributed by atoms with Crippen molar-refractivity contribution in [2.45, 2.75) is 66.3 Å². The van der Waals surface area contributed by atoms with E-state index in [1.165, 1.54) is 0 Å². The summed E-state index contributed by atoms with van der Waals surface area (Å²) in [4.78, 5) is 0. The minimum absolute atomic E-state index is 0.367. The summed E-state index contributed by atoms with van der Waals surface area (Å²) in [6.07, 6.45) is 2.91. The molecule has 0 radical (unpaired) electrons. The molecule has 1 atom stereocenters. The first-order valence-corrected chi connectivity index (χ1v) is 6.79. The van der Waals surface area contributed by atoms with E-state index in [0.29, 0.717) is 17.6 Å². The maximum atomic E-state index is 10.3. The Kier molecular flexibility index (Phi) is 5.03. The van der Waals surface area contributed by atoms with Crippen LogP contribution in [-0.4, -0.2) is 14.9 Å². The van der Waals surface area contributed by atoms with Gasteiger partial charge in [-0.25, -0.2) is 0 Å². The van der Waals surface area contributed by atoms with Crippen LogP contribution >= 0.6 is 0 Å². The van der Waals surface area contributed by atoms with Crippen LogP contribution in [0.3, 0.4) is 0 Å². The summed E-state index contributed by atoms with van der Waals surface area (Å²) >= 11 is 0. The summed E-state index contributed by atoms with van der Waals surface area (Å²) in [5, 5.41) is 14.8. The van der Waals surface area contributed by atoms with Crippen molar-refractivity contribution >= 4 is 0 Å². The molecule has 0 saturated heterocycles. The SMILES string of the molecule is CCCc1nn(CC(C)C)c(C(C)CC)c1O. The molecule has 0 bridgehead atoms. The molecule has 1 heterocycles. The highest BCUT2D eigenvalue weighted by Crippen LogP contribution is 2.32. The summed E-state index contributed by atoms with van der Waals surface area (Å²) < 4.78 is 2.01. The van der Waals surface area contributed by atoms with Crippen molar-refractivity contribution in [3.8, 4) is 5.75 Å². The summed E-state index contributed by atoms with van der Waals surface area (Å²) in [5.41, 5.74) is 1.88. The molecule has 0 fully saturated rings. The fourth-order valence-corrected chi connectivity index (χ4v) is 2.09. The number of aromatic nitrogens is 2. The Hall–Kier alpha value is -0.990. The predicted octanol–water partition coefficient (Wildman–Crippen LogP) is 3.71. The van der Waals surface area contributed by atoms with Gasteiger partial charge in [-0.3, -0.25) is 4.68 Å². The van der Waals surface area contributed by atoms with Crippen molar-refractivity contribution < 1.29 is 5.11 Å². The van der Waals surface area contributed by atoms with Gasteiger partial charge in [-0.05, 0) is 18.8 Å². The normalized spacial score (nSPS) is 13.3. The molecular formula is C14H26N2O. The molecule has 0 aromatic carbocycles. The van der Waals surface area contributed by atoms with Crippen molar-refractivity contribution in [1.29, 1.82) is 0 Å². The van der Waals surface area contributed by atoms with Crippen LogP contribution in [0.5, 0.6) is 5.75 Å². The van der Waals surface area contributed by atoms with E-state index in [1.807, 2.05) is 4.68 Å². The van der Waals surface area contributed by atoms with Gasteiger partial charge in [-0.1, -0.05) is 41.0 Å². The minimum Gasteiger partial charge on any atom is -0.504 e. The average Bonchev–Trinajstić information content (AvgIpc) is 2.54. The van der Waals surface area contributed by atoms with Crippen LogP contribution in [0.1, 0.15) is 64.8 Å². The fraction of sp³-hybridized carbons (Fsp3) is 0.786. The Morgan fingerprint density at radius 3 is 2.35 bits per heavy atom. The maximum absolute atomic E-state index is 10.3. The number of aromatic hydroxyl groups is 1. The number of rotatable bonds is 6. The van der Waals surface area contributed by atoms with Crippen molar-refractivity contribution in [3.05, 3.63) is 11.4 Å². The van der Waals surface area contributed by atoms with Crippen LogP contribution in [0.15, 0.2) is 0 Å². The standard InChI is InChI=1S/C14H26N2O/c1-6-8-12-14(17)13(11(5)7-2)16(15-12)9-10(3)4/h10-11,17H,6-9H2,1-5H3. The molecule has 0 aliphatic heterocycles. The topological polar surface area (TPSA) is 38.0 Å². The second-order valence-electron chi connectivity index (χ2n) is 5.32. The van der Waals surface area contributed by atoms with E-state index in [-0.39, 0.29) is 0 Å². The van der Waals surface area contributed by atoms with Crippen LogP contribution in [0.25, 0.3) is 0 Å². The molecule has 1 N–H and O–H groups in total. The van der Waals surface area contributed by atoms with E-state index in [1.54, 1.807) is 0 Å². The maximum Gasteiger partial charge on any atom is 0.160 e. The average molecular weight is 238 g/mol. The van der Waals surface area contributed by atoms with Crippen molar-refractivity contribution in [2.24, 2.45) is 5.92 Å². The molecule has 0 amide bonds. The third kappa shape index (κ3) is 3.24. The van der Waals surface area contributed by atoms with E-state index in [0.717, 1.165) is 37.2 Å². The monoisotopic (exact) mass is 238 g/mol. The van der Waals surface area contributed by atoms with Gasteiger partial charge in [-0.15, -0.1) is 0 Å². The molecular weight excluding hydrogens is 212 g/mol. The van der Waals surface area contributed by atoms with E-state index < -0.39 is 0 Å². The highest BCUT2D eigenvalue weighted by Gasteiger charge is 2.20. The van der Waals surface area contributed by atoms with Crippen LogP contribution in [0, 0.1) is 5.92 Å². The third-order valence-corrected chi connectivity index (χ3v) is 3.14. The van der Waals surface area contributed by atoms with E-state index in [2.05, 4.69) is 39.7 Å². The van der Waals surface area contributed by atoms with Crippen LogP contribution < -0.4 is 0 Å². The molecule has 1 rings (SSSR count). The molecule has 0 saturated carbocycles. The summed E-state index contributed by atoms with van der Waals surface area (Å²) in [5.74, 6) is 1.35. The van der Waals surface area contributed by atoms with Gasteiger partial charge in [0.2, 0.25) is 0 Å². The van der Waals surface area contributed by atoms with Crippen LogP contribution in [-0.2, 0) is 13.0 Å². The smallest absolute Gasteiger partial charge is 0.160 e. The van der Waals surface area contributed by atoms with E-state index >= 15 is 0 Å². The second kappa shape index (κ2) is 6.08. The zero-order valence-electron chi connectivity index (χ0n) is 11.8. The third-order valence-electron chi connectivity index (χ3n) is 3.14. The Balaban J connectivity index is 3.12. The zero-order valence-corrected chi connectivity index (χ0v) is 11.8. The molecule has 17 heavy (non-hydrogen) atoms. The second-order valence-corrected chi connectivity index (χ2v) is 5.32. The lowest BCUT2D eigenvalue weighted by Gasteiger charge is -2.14. The lowest BCUT2D eigenvalue weighted by Crippen LogP contribution is -2.11. The zero-order chi connectivity index (χ0) is 13.0. The number of nitrogens with zero attached hydrogens (tertiary/aromatic N) is 2. The van der Waals surface area contributed by atoms with Gasteiger partial charge >= 0.3 is 0 Å². The molecule has 3 heteroatoms. The molecule has 1 aromatic rings. The quantitative estimate of drug-likeness (QED) is 0.820. The van der Waals surface area contributed by atoms with Gasteiger partial charge in [0.1, 0.15) is 5.69 Å². The molecule has 98 valence electrons. The highest BCUT2D eigenvalue weighted by molar-refractivity contribution is 5.34. The molecule has 0 spiro atoms. The lowest BCUT2D eigenvalue weighted by atomic mass is 10.0. The van der Waals surface area contributed by atoms with Gasteiger partial charge in [0.15, 0.2) is 5.75 Å². The summed E-state index contributed by atoms with van der Waals surface area (Å²) in [6.45, 7) is 11.7. The largest absolute Gasteiger partial charge is 0.504 e. The molecule has 1 aromatic heterocycles. The van der Waals surface area contributed by atoms with Gasteiger partial charge in [0.25, 0.3) is 0 Å². The molecule has 0 aliphatic carbocycles. The molecule has 3 nitrogen and oxygen atoms in total. The first-order valence-electron chi connectivity index (χ1n) is 6.79. The number of hydrogen-bond donors (Lipinski definition) is 1. The Labute approximate surface area is 105 Å². The summed E-state index contributed by atoms with van der Waals surface area (Å²) in [7, 11) is 0. The number of hydrogen-bond acceptors (Lipinski definition) is 2. The van der Waals surface area contributed by atoms with Crippen LogP contribution in [0.2, 0.25) is 0 Å². The minimum atomic E-state index is 0.367. The molecule has 1 unspecified atom stereocenters. The van der Waals surface area contributed by atoms with Gasteiger partial charge < -0.3 is 5.11 Å². The van der Waals surface area contributed by atoms with Crippen molar-refractivity contribution in [2.75, 3.05) is 0 Å². The number of aryl methyl sites for hydroxylation is 1. The first kappa shape index (κ1) is 14.1. The van der Waals surface area contributed by atoms with Crippen LogP contribution in [0.4, 0.5) is 0 Å². The van der Waals surface area contributed by atoms with Gasteiger partial charge in [0.05, 0.1) is 5.69 Å². The lowest BCUT2D eigenvalue weighted by molar-refractivity contribution is 0.429. The first-order chi connectivity index (χ1) is 8.01. The Morgan fingerprint density at radius 1 is 1.24 bits per heavy atom. The Bertz CT molecular complexity index is 355.